The predicted octanol–water partition coefficient (Wildman–Crippen LogP) is 3.87. The lowest BCUT2D eigenvalue weighted by Gasteiger charge is -2.09. The second kappa shape index (κ2) is 8.79. The average molecular weight is 399 g/mol. The number of benzene rings is 2. The van der Waals surface area contributed by atoms with Gasteiger partial charge in [-0.05, 0) is 50.2 Å². The van der Waals surface area contributed by atoms with Crippen molar-refractivity contribution in [2.24, 2.45) is 0 Å². The number of H-pyrrole nitrogens is 1. The van der Waals surface area contributed by atoms with Gasteiger partial charge in [-0.1, -0.05) is 11.8 Å². The number of thioether (sulfide) groups is 1. The molecule has 0 saturated carbocycles. The van der Waals surface area contributed by atoms with Crippen LogP contribution in [0.5, 0.6) is 5.75 Å². The smallest absolute Gasteiger partial charge is 0.338 e. The standard InChI is InChI=1S/C20H21N3O4S/c1-12(2)27-19(25)13-4-6-14(7-5-13)21-18(24)11-28-20-22-16-9-8-15(26-3)10-17(16)23-20/h4-10,12H,11H2,1-3H3,(H,21,24)(H,22,23). The lowest BCUT2D eigenvalue weighted by molar-refractivity contribution is -0.113. The number of nitrogens with one attached hydrogen (secondary N) is 2. The zero-order valence-electron chi connectivity index (χ0n) is 15.8. The number of fused-ring (bicyclic) bond motifs is 1. The average Bonchev–Trinajstić information content (AvgIpc) is 3.08. The highest BCUT2D eigenvalue weighted by atomic mass is 32.2. The molecule has 1 heterocycles. The van der Waals surface area contributed by atoms with E-state index in [1.807, 2.05) is 18.2 Å². The fourth-order valence-corrected chi connectivity index (χ4v) is 3.15. The highest BCUT2D eigenvalue weighted by Crippen LogP contribution is 2.23. The molecule has 0 radical (unpaired) electrons. The van der Waals surface area contributed by atoms with E-state index in [9.17, 15) is 9.59 Å². The molecule has 0 aliphatic rings. The molecule has 0 fully saturated rings. The molecule has 1 aromatic heterocycles. The summed E-state index contributed by atoms with van der Waals surface area (Å²) in [7, 11) is 1.61. The number of rotatable bonds is 7. The van der Waals surface area contributed by atoms with Gasteiger partial charge in [-0.2, -0.15) is 0 Å². The number of anilines is 1. The summed E-state index contributed by atoms with van der Waals surface area (Å²) >= 11 is 1.31. The van der Waals surface area contributed by atoms with E-state index < -0.39 is 0 Å². The third-order valence-electron chi connectivity index (χ3n) is 3.75. The Bertz CT molecular complexity index is 983. The van der Waals surface area contributed by atoms with Crippen LogP contribution in [0.15, 0.2) is 47.6 Å². The first kappa shape index (κ1) is 19.8. The van der Waals surface area contributed by atoms with Gasteiger partial charge in [-0.15, -0.1) is 0 Å². The zero-order valence-corrected chi connectivity index (χ0v) is 16.6. The number of hydrogen-bond donors (Lipinski definition) is 2. The summed E-state index contributed by atoms with van der Waals surface area (Å²) in [4.78, 5) is 31.6. The van der Waals surface area contributed by atoms with Crippen LogP contribution in [0.3, 0.4) is 0 Å². The van der Waals surface area contributed by atoms with Crippen LogP contribution in [-0.4, -0.2) is 40.8 Å². The summed E-state index contributed by atoms with van der Waals surface area (Å²) in [6.07, 6.45) is -0.178. The number of carbonyl (C=O) groups is 2. The van der Waals surface area contributed by atoms with E-state index in [0.717, 1.165) is 16.8 Å². The Hall–Kier alpha value is -3.00. The van der Waals surface area contributed by atoms with Crippen molar-refractivity contribution in [1.29, 1.82) is 0 Å². The second-order valence-corrected chi connectivity index (χ2v) is 7.26. The van der Waals surface area contributed by atoms with Crippen LogP contribution in [0.2, 0.25) is 0 Å². The van der Waals surface area contributed by atoms with Crippen molar-refractivity contribution in [2.45, 2.75) is 25.1 Å². The van der Waals surface area contributed by atoms with Crippen LogP contribution in [0.25, 0.3) is 11.0 Å². The molecule has 2 N–H and O–H groups in total. The minimum absolute atomic E-state index is 0.166. The van der Waals surface area contributed by atoms with Gasteiger partial charge in [0.1, 0.15) is 5.75 Å². The van der Waals surface area contributed by atoms with Crippen LogP contribution >= 0.6 is 11.8 Å². The van der Waals surface area contributed by atoms with Gasteiger partial charge in [-0.25, -0.2) is 9.78 Å². The van der Waals surface area contributed by atoms with Gasteiger partial charge in [-0.3, -0.25) is 4.79 Å². The van der Waals surface area contributed by atoms with Crippen LogP contribution in [0.4, 0.5) is 5.69 Å². The Morgan fingerprint density at radius 3 is 2.61 bits per heavy atom. The molecular weight excluding hydrogens is 378 g/mol. The number of carbonyl (C=O) groups excluding carboxylic acids is 2. The molecule has 28 heavy (non-hydrogen) atoms. The van der Waals surface area contributed by atoms with E-state index in [0.29, 0.717) is 16.4 Å². The summed E-state index contributed by atoms with van der Waals surface area (Å²) in [5, 5.41) is 3.46. The van der Waals surface area contributed by atoms with Crippen molar-refractivity contribution in [3.8, 4) is 5.75 Å². The quantitative estimate of drug-likeness (QED) is 0.463. The third-order valence-corrected chi connectivity index (χ3v) is 4.63. The molecule has 0 bridgehead atoms. The van der Waals surface area contributed by atoms with Gasteiger partial charge in [0.25, 0.3) is 0 Å². The number of ether oxygens (including phenoxy) is 2. The van der Waals surface area contributed by atoms with Crippen LogP contribution < -0.4 is 10.1 Å². The Morgan fingerprint density at radius 2 is 1.93 bits per heavy atom. The zero-order chi connectivity index (χ0) is 20.1. The molecule has 8 heteroatoms. The highest BCUT2D eigenvalue weighted by molar-refractivity contribution is 7.99. The van der Waals surface area contributed by atoms with Crippen LogP contribution in [0, 0.1) is 0 Å². The first-order valence-electron chi connectivity index (χ1n) is 8.72. The predicted molar refractivity (Wildman–Crippen MR) is 109 cm³/mol. The van der Waals surface area contributed by atoms with Gasteiger partial charge in [0.2, 0.25) is 5.91 Å². The molecule has 3 rings (SSSR count). The fourth-order valence-electron chi connectivity index (χ4n) is 2.46. The monoisotopic (exact) mass is 399 g/mol. The number of methoxy groups -OCH3 is 1. The van der Waals surface area contributed by atoms with Crippen molar-refractivity contribution in [1.82, 2.24) is 9.97 Å². The topological polar surface area (TPSA) is 93.3 Å². The van der Waals surface area contributed by atoms with Crippen molar-refractivity contribution in [3.63, 3.8) is 0 Å². The minimum atomic E-state index is -0.384. The molecule has 146 valence electrons. The maximum Gasteiger partial charge on any atom is 0.338 e. The number of aromatic nitrogens is 2. The number of nitrogens with zero attached hydrogens (tertiary/aromatic N) is 1. The minimum Gasteiger partial charge on any atom is -0.497 e. The molecule has 0 atom stereocenters. The number of esters is 1. The molecule has 0 spiro atoms. The normalized spacial score (nSPS) is 10.9. The molecule has 1 amide bonds. The number of aromatic amines is 1. The van der Waals surface area contributed by atoms with Crippen molar-refractivity contribution >= 4 is 40.4 Å². The van der Waals surface area contributed by atoms with Crippen LogP contribution in [0.1, 0.15) is 24.2 Å². The lowest BCUT2D eigenvalue weighted by atomic mass is 10.2. The number of imidazole rings is 1. The van der Waals surface area contributed by atoms with Crippen molar-refractivity contribution < 1.29 is 19.1 Å². The molecule has 0 unspecified atom stereocenters. The van der Waals surface area contributed by atoms with Crippen molar-refractivity contribution in [2.75, 3.05) is 18.2 Å². The fraction of sp³-hybridized carbons (Fsp3) is 0.250. The highest BCUT2D eigenvalue weighted by Gasteiger charge is 2.11. The molecule has 0 aliphatic carbocycles. The summed E-state index contributed by atoms with van der Waals surface area (Å²) in [6, 6.07) is 12.2. The number of hydrogen-bond acceptors (Lipinski definition) is 6. The Balaban J connectivity index is 1.55. The molecule has 7 nitrogen and oxygen atoms in total. The van der Waals surface area contributed by atoms with E-state index in [1.165, 1.54) is 11.8 Å². The van der Waals surface area contributed by atoms with Gasteiger partial charge >= 0.3 is 5.97 Å². The Morgan fingerprint density at radius 1 is 1.18 bits per heavy atom. The molecule has 0 aliphatic heterocycles. The van der Waals surface area contributed by atoms with Gasteiger partial charge in [0.15, 0.2) is 5.16 Å². The number of amides is 1. The molecule has 3 aromatic rings. The van der Waals surface area contributed by atoms with Gasteiger partial charge < -0.3 is 19.8 Å². The summed E-state index contributed by atoms with van der Waals surface area (Å²) in [5.41, 5.74) is 2.72. The largest absolute Gasteiger partial charge is 0.497 e. The van der Waals surface area contributed by atoms with E-state index >= 15 is 0 Å². The Labute approximate surface area is 166 Å². The van der Waals surface area contributed by atoms with E-state index in [4.69, 9.17) is 9.47 Å². The lowest BCUT2D eigenvalue weighted by Crippen LogP contribution is -2.15. The molecule has 0 saturated heterocycles. The van der Waals surface area contributed by atoms with Gasteiger partial charge in [0, 0.05) is 11.8 Å². The maximum absolute atomic E-state index is 12.2. The van der Waals surface area contributed by atoms with Gasteiger partial charge in [0.05, 0.1) is 35.6 Å². The summed E-state index contributed by atoms with van der Waals surface area (Å²) < 4.78 is 10.3. The maximum atomic E-state index is 12.2. The first-order valence-corrected chi connectivity index (χ1v) is 9.70. The summed E-state index contributed by atoms with van der Waals surface area (Å²) in [5.74, 6) is 0.394. The summed E-state index contributed by atoms with van der Waals surface area (Å²) in [6.45, 7) is 3.59. The van der Waals surface area contributed by atoms with E-state index in [-0.39, 0.29) is 23.7 Å². The Kier molecular flexibility index (Phi) is 6.20. The molecule has 2 aromatic carbocycles. The molecular formula is C20H21N3O4S. The second-order valence-electron chi connectivity index (χ2n) is 6.29. The van der Waals surface area contributed by atoms with Crippen LogP contribution in [-0.2, 0) is 9.53 Å². The third kappa shape index (κ3) is 5.04. The van der Waals surface area contributed by atoms with E-state index in [1.54, 1.807) is 45.2 Å². The van der Waals surface area contributed by atoms with Crippen molar-refractivity contribution in [3.05, 3.63) is 48.0 Å². The SMILES string of the molecule is COc1ccc2nc(SCC(=O)Nc3ccc(C(=O)OC(C)C)cc3)[nH]c2c1. The first-order chi connectivity index (χ1) is 13.4. The van der Waals surface area contributed by atoms with E-state index in [2.05, 4.69) is 15.3 Å².